The summed E-state index contributed by atoms with van der Waals surface area (Å²) in [6.07, 6.45) is 7.14. The van der Waals surface area contributed by atoms with Crippen molar-refractivity contribution >= 4 is 22.4 Å². The lowest BCUT2D eigenvalue weighted by Gasteiger charge is -2.07. The first-order valence-corrected chi connectivity index (χ1v) is 10.6. The van der Waals surface area contributed by atoms with E-state index in [4.69, 9.17) is 4.74 Å². The average molecular weight is 393 g/mol. The fourth-order valence-electron chi connectivity index (χ4n) is 3.48. The van der Waals surface area contributed by atoms with E-state index in [2.05, 4.69) is 53.6 Å². The van der Waals surface area contributed by atoms with Crippen molar-refractivity contribution < 1.29 is 9.53 Å². The third-order valence-corrected chi connectivity index (χ3v) is 5.96. The Morgan fingerprint density at radius 3 is 2.71 bits per heavy atom. The van der Waals surface area contributed by atoms with Gasteiger partial charge in [0.15, 0.2) is 11.7 Å². The Labute approximate surface area is 169 Å². The zero-order valence-corrected chi connectivity index (χ0v) is 16.8. The number of nitrogens with zero attached hydrogens (tertiary/aromatic N) is 1. The second-order valence-corrected chi connectivity index (χ2v) is 8.21. The highest BCUT2D eigenvalue weighted by Gasteiger charge is 2.12. The van der Waals surface area contributed by atoms with Gasteiger partial charge in [-0.3, -0.25) is 10.1 Å². The Kier molecular flexibility index (Phi) is 5.72. The number of thiazole rings is 1. The van der Waals surface area contributed by atoms with E-state index in [1.165, 1.54) is 40.0 Å². The van der Waals surface area contributed by atoms with Crippen LogP contribution in [0.2, 0.25) is 0 Å². The summed E-state index contributed by atoms with van der Waals surface area (Å²) < 4.78 is 5.65. The number of aromatic nitrogens is 1. The third-order valence-electron chi connectivity index (χ3n) is 5.05. The summed E-state index contributed by atoms with van der Waals surface area (Å²) in [6, 6.07) is 14.7. The molecule has 0 unspecified atom stereocenters. The van der Waals surface area contributed by atoms with Crippen molar-refractivity contribution in [3.63, 3.8) is 0 Å². The normalized spacial score (nSPS) is 12.6. The SMILES string of the molecule is CCc1ccc(Cc2cnc(NC(=O)COc3ccc4c(c3)CCC4)s2)cc1. The van der Waals surface area contributed by atoms with Crippen LogP contribution in [0.4, 0.5) is 5.13 Å². The zero-order chi connectivity index (χ0) is 19.3. The molecule has 144 valence electrons. The molecule has 1 aromatic heterocycles. The van der Waals surface area contributed by atoms with Crippen LogP contribution < -0.4 is 10.1 Å². The van der Waals surface area contributed by atoms with Gasteiger partial charge < -0.3 is 4.74 Å². The van der Waals surface area contributed by atoms with Crippen LogP contribution in [0, 0.1) is 0 Å². The van der Waals surface area contributed by atoms with Crippen LogP contribution in [-0.2, 0) is 30.5 Å². The Morgan fingerprint density at radius 1 is 1.11 bits per heavy atom. The molecule has 28 heavy (non-hydrogen) atoms. The van der Waals surface area contributed by atoms with E-state index in [1.807, 2.05) is 12.3 Å². The number of rotatable bonds is 7. The zero-order valence-electron chi connectivity index (χ0n) is 16.0. The van der Waals surface area contributed by atoms with Crippen molar-refractivity contribution in [1.29, 1.82) is 0 Å². The number of amides is 1. The van der Waals surface area contributed by atoms with Crippen molar-refractivity contribution in [3.05, 3.63) is 75.8 Å². The molecule has 0 saturated heterocycles. The van der Waals surface area contributed by atoms with Crippen molar-refractivity contribution in [1.82, 2.24) is 4.98 Å². The van der Waals surface area contributed by atoms with Crippen LogP contribution in [0.25, 0.3) is 0 Å². The summed E-state index contributed by atoms with van der Waals surface area (Å²) >= 11 is 1.51. The van der Waals surface area contributed by atoms with E-state index in [0.717, 1.165) is 36.3 Å². The van der Waals surface area contributed by atoms with E-state index in [0.29, 0.717) is 5.13 Å². The van der Waals surface area contributed by atoms with Gasteiger partial charge in [0.1, 0.15) is 5.75 Å². The topological polar surface area (TPSA) is 51.2 Å². The van der Waals surface area contributed by atoms with Crippen molar-refractivity contribution in [2.24, 2.45) is 0 Å². The number of aryl methyl sites for hydroxylation is 3. The maximum Gasteiger partial charge on any atom is 0.264 e. The second kappa shape index (κ2) is 8.57. The molecule has 1 heterocycles. The van der Waals surface area contributed by atoms with Crippen molar-refractivity contribution in [2.75, 3.05) is 11.9 Å². The summed E-state index contributed by atoms with van der Waals surface area (Å²) in [5.41, 5.74) is 5.33. The van der Waals surface area contributed by atoms with E-state index < -0.39 is 0 Å². The Morgan fingerprint density at radius 2 is 1.89 bits per heavy atom. The van der Waals surface area contributed by atoms with Gasteiger partial charge in [0.05, 0.1) is 0 Å². The largest absolute Gasteiger partial charge is 0.484 e. The van der Waals surface area contributed by atoms with Crippen LogP contribution >= 0.6 is 11.3 Å². The number of nitrogens with one attached hydrogen (secondary N) is 1. The smallest absolute Gasteiger partial charge is 0.264 e. The molecule has 0 saturated carbocycles. The Hall–Kier alpha value is -2.66. The molecule has 3 aromatic rings. The van der Waals surface area contributed by atoms with Gasteiger partial charge in [0, 0.05) is 17.5 Å². The predicted molar refractivity (Wildman–Crippen MR) is 113 cm³/mol. The maximum atomic E-state index is 12.2. The van der Waals surface area contributed by atoms with Gasteiger partial charge in [-0.05, 0) is 60.1 Å². The van der Waals surface area contributed by atoms with Crippen LogP contribution in [0.5, 0.6) is 5.75 Å². The van der Waals surface area contributed by atoms with Crippen LogP contribution in [0.1, 0.15) is 40.5 Å². The first-order chi connectivity index (χ1) is 13.7. The number of hydrogen-bond acceptors (Lipinski definition) is 4. The Balaban J connectivity index is 1.28. The molecule has 5 heteroatoms. The first-order valence-electron chi connectivity index (χ1n) is 9.76. The lowest BCUT2D eigenvalue weighted by molar-refractivity contribution is -0.118. The quantitative estimate of drug-likeness (QED) is 0.628. The van der Waals surface area contributed by atoms with E-state index in [-0.39, 0.29) is 12.5 Å². The van der Waals surface area contributed by atoms with Crippen LogP contribution in [0.3, 0.4) is 0 Å². The molecule has 1 N–H and O–H groups in total. The number of carbonyl (C=O) groups is 1. The minimum Gasteiger partial charge on any atom is -0.484 e. The van der Waals surface area contributed by atoms with Gasteiger partial charge in [0.2, 0.25) is 0 Å². The molecular formula is C23H24N2O2S. The number of hydrogen-bond donors (Lipinski definition) is 1. The lowest BCUT2D eigenvalue weighted by atomic mass is 10.1. The van der Waals surface area contributed by atoms with Crippen molar-refractivity contribution in [2.45, 2.75) is 39.0 Å². The number of anilines is 1. The van der Waals surface area contributed by atoms with Gasteiger partial charge in [-0.15, -0.1) is 11.3 Å². The number of benzene rings is 2. The summed E-state index contributed by atoms with van der Waals surface area (Å²) in [7, 11) is 0. The highest BCUT2D eigenvalue weighted by atomic mass is 32.1. The summed E-state index contributed by atoms with van der Waals surface area (Å²) in [4.78, 5) is 17.6. The first kappa shape index (κ1) is 18.7. The van der Waals surface area contributed by atoms with Crippen LogP contribution in [0.15, 0.2) is 48.7 Å². The third kappa shape index (κ3) is 4.60. The summed E-state index contributed by atoms with van der Waals surface area (Å²) in [6.45, 7) is 2.15. The van der Waals surface area contributed by atoms with Gasteiger partial charge in [-0.1, -0.05) is 37.3 Å². The molecule has 1 amide bonds. The minimum absolute atomic E-state index is 0.00776. The summed E-state index contributed by atoms with van der Waals surface area (Å²) in [5.74, 6) is 0.569. The fraction of sp³-hybridized carbons (Fsp3) is 0.304. The van der Waals surface area contributed by atoms with Crippen LogP contribution in [-0.4, -0.2) is 17.5 Å². The molecular weight excluding hydrogens is 368 g/mol. The molecule has 0 radical (unpaired) electrons. The second-order valence-electron chi connectivity index (χ2n) is 7.10. The van der Waals surface area contributed by atoms with Gasteiger partial charge in [-0.2, -0.15) is 0 Å². The number of carbonyl (C=O) groups excluding carboxylic acids is 1. The monoisotopic (exact) mass is 392 g/mol. The standard InChI is InChI=1S/C23H24N2O2S/c1-2-16-6-8-17(9-7-16)12-21-14-24-23(28-21)25-22(26)15-27-20-11-10-18-4-3-5-19(18)13-20/h6-11,13-14H,2-5,12,15H2,1H3,(H,24,25,26). The van der Waals surface area contributed by atoms with Gasteiger partial charge in [-0.25, -0.2) is 4.98 Å². The van der Waals surface area contributed by atoms with Gasteiger partial charge >= 0.3 is 0 Å². The van der Waals surface area contributed by atoms with Gasteiger partial charge in [0.25, 0.3) is 5.91 Å². The number of ether oxygens (including phenoxy) is 1. The molecule has 2 aromatic carbocycles. The van der Waals surface area contributed by atoms with E-state index in [9.17, 15) is 4.79 Å². The van der Waals surface area contributed by atoms with Crippen molar-refractivity contribution in [3.8, 4) is 5.75 Å². The molecule has 0 aliphatic heterocycles. The Bertz CT molecular complexity index is 963. The highest BCUT2D eigenvalue weighted by Crippen LogP contribution is 2.26. The molecule has 0 bridgehead atoms. The molecule has 4 rings (SSSR count). The molecule has 0 spiro atoms. The predicted octanol–water partition coefficient (Wildman–Crippen LogP) is 4.80. The highest BCUT2D eigenvalue weighted by molar-refractivity contribution is 7.15. The molecule has 0 fully saturated rings. The molecule has 1 aliphatic rings. The minimum atomic E-state index is -0.186. The fourth-order valence-corrected chi connectivity index (χ4v) is 4.35. The number of fused-ring (bicyclic) bond motifs is 1. The van der Waals surface area contributed by atoms with E-state index in [1.54, 1.807) is 0 Å². The average Bonchev–Trinajstić information content (AvgIpc) is 3.36. The molecule has 0 atom stereocenters. The van der Waals surface area contributed by atoms with E-state index >= 15 is 0 Å². The summed E-state index contributed by atoms with van der Waals surface area (Å²) in [5, 5.41) is 3.45. The molecule has 4 nitrogen and oxygen atoms in total. The maximum absolute atomic E-state index is 12.2. The lowest BCUT2D eigenvalue weighted by Crippen LogP contribution is -2.20. The molecule has 1 aliphatic carbocycles.